The minimum absolute atomic E-state index is 0.250. The Morgan fingerprint density at radius 3 is 2.57 bits per heavy atom. The Labute approximate surface area is 85.8 Å². The molecule has 5 heteroatoms. The Bertz CT molecular complexity index is 492. The highest BCUT2D eigenvalue weighted by atomic mass is 32.1. The normalized spacial score (nSPS) is 10.0. The van der Waals surface area contributed by atoms with Crippen molar-refractivity contribution in [3.8, 4) is 11.4 Å². The van der Waals surface area contributed by atoms with E-state index in [1.54, 1.807) is 0 Å². The maximum atomic E-state index is 5.46. The molecule has 0 fully saturated rings. The van der Waals surface area contributed by atoms with E-state index < -0.39 is 0 Å². The van der Waals surface area contributed by atoms with Gasteiger partial charge in [0.15, 0.2) is 16.3 Å². The number of nitrogen functional groups attached to an aromatic ring is 1. The zero-order valence-electron chi connectivity index (χ0n) is 7.27. The van der Waals surface area contributed by atoms with Crippen molar-refractivity contribution in [1.82, 2.24) is 15.2 Å². The molecule has 0 radical (unpaired) electrons. The largest absolute Gasteiger partial charge is 0.380 e. The zero-order chi connectivity index (χ0) is 9.97. The lowest BCUT2D eigenvalue weighted by atomic mass is 10.2. The third-order valence-electron chi connectivity index (χ3n) is 1.76. The predicted octanol–water partition coefficient (Wildman–Crippen LogP) is 1.78. The number of H-pyrrole nitrogens is 1. The highest BCUT2D eigenvalue weighted by Gasteiger charge is 2.00. The smallest absolute Gasteiger partial charge is 0.180 e. The maximum absolute atomic E-state index is 5.46. The van der Waals surface area contributed by atoms with Crippen molar-refractivity contribution in [3.05, 3.63) is 35.0 Å². The van der Waals surface area contributed by atoms with Crippen LogP contribution in [0.1, 0.15) is 0 Å². The van der Waals surface area contributed by atoms with E-state index in [4.69, 9.17) is 18.0 Å². The number of aromatic nitrogens is 3. The van der Waals surface area contributed by atoms with Crippen molar-refractivity contribution in [2.75, 3.05) is 5.73 Å². The molecule has 0 spiro atoms. The summed E-state index contributed by atoms with van der Waals surface area (Å²) in [5.41, 5.74) is 6.39. The van der Waals surface area contributed by atoms with Crippen LogP contribution in [0.15, 0.2) is 30.3 Å². The molecule has 1 heterocycles. The Morgan fingerprint density at radius 1 is 1.21 bits per heavy atom. The average molecular weight is 204 g/mol. The quantitative estimate of drug-likeness (QED) is 0.695. The highest BCUT2D eigenvalue weighted by molar-refractivity contribution is 7.71. The van der Waals surface area contributed by atoms with Crippen molar-refractivity contribution < 1.29 is 0 Å². The van der Waals surface area contributed by atoms with Crippen molar-refractivity contribution in [2.24, 2.45) is 0 Å². The van der Waals surface area contributed by atoms with Crippen LogP contribution in [0.5, 0.6) is 0 Å². The fourth-order valence-corrected chi connectivity index (χ4v) is 1.21. The van der Waals surface area contributed by atoms with Gasteiger partial charge in [-0.05, 0) is 0 Å². The number of nitrogens with two attached hydrogens (primary N) is 1. The molecule has 0 aliphatic heterocycles. The lowest BCUT2D eigenvalue weighted by molar-refractivity contribution is 0.983. The molecular formula is C9H8N4S. The molecule has 0 atom stereocenters. The second-order valence-electron chi connectivity index (χ2n) is 2.74. The van der Waals surface area contributed by atoms with E-state index >= 15 is 0 Å². The first kappa shape index (κ1) is 8.83. The number of aromatic amines is 1. The topological polar surface area (TPSA) is 67.6 Å². The van der Waals surface area contributed by atoms with Gasteiger partial charge in [-0.15, -0.1) is 0 Å². The predicted molar refractivity (Wildman–Crippen MR) is 57.1 cm³/mol. The maximum Gasteiger partial charge on any atom is 0.180 e. The number of hydrogen-bond acceptors (Lipinski definition) is 4. The molecule has 0 unspecified atom stereocenters. The van der Waals surface area contributed by atoms with Gasteiger partial charge in [0.2, 0.25) is 0 Å². The van der Waals surface area contributed by atoms with Crippen LogP contribution in [0.4, 0.5) is 5.82 Å². The van der Waals surface area contributed by atoms with Crippen LogP contribution in [0, 0.1) is 4.64 Å². The van der Waals surface area contributed by atoms with Crippen LogP contribution in [-0.4, -0.2) is 15.2 Å². The van der Waals surface area contributed by atoms with Crippen LogP contribution < -0.4 is 5.73 Å². The first-order valence-corrected chi connectivity index (χ1v) is 4.46. The molecule has 0 aliphatic rings. The Morgan fingerprint density at radius 2 is 1.93 bits per heavy atom. The van der Waals surface area contributed by atoms with Gasteiger partial charge < -0.3 is 5.73 Å². The van der Waals surface area contributed by atoms with Gasteiger partial charge in [-0.2, -0.15) is 5.10 Å². The molecule has 14 heavy (non-hydrogen) atoms. The van der Waals surface area contributed by atoms with Crippen molar-refractivity contribution in [3.63, 3.8) is 0 Å². The third-order valence-corrected chi connectivity index (χ3v) is 2.06. The molecule has 0 saturated heterocycles. The van der Waals surface area contributed by atoms with Gasteiger partial charge in [-0.25, -0.2) is 4.98 Å². The Kier molecular flexibility index (Phi) is 2.24. The van der Waals surface area contributed by atoms with Crippen molar-refractivity contribution >= 4 is 18.0 Å². The molecule has 2 aromatic rings. The molecule has 2 rings (SSSR count). The zero-order valence-corrected chi connectivity index (χ0v) is 8.08. The average Bonchev–Trinajstić information content (AvgIpc) is 2.23. The number of hydrogen-bond donors (Lipinski definition) is 2. The summed E-state index contributed by atoms with van der Waals surface area (Å²) in [7, 11) is 0. The van der Waals surface area contributed by atoms with E-state index in [9.17, 15) is 0 Å². The molecule has 0 amide bonds. The molecule has 4 nitrogen and oxygen atoms in total. The van der Waals surface area contributed by atoms with Gasteiger partial charge in [0.05, 0.1) is 0 Å². The van der Waals surface area contributed by atoms with Crippen LogP contribution >= 0.6 is 12.2 Å². The number of nitrogens with zero attached hydrogens (tertiary/aromatic N) is 2. The highest BCUT2D eigenvalue weighted by Crippen LogP contribution is 2.12. The molecule has 0 aliphatic carbocycles. The summed E-state index contributed by atoms with van der Waals surface area (Å²) in [5, 5.41) is 6.58. The molecule has 1 aromatic heterocycles. The number of benzene rings is 1. The number of nitrogens with one attached hydrogen (secondary N) is 1. The fraction of sp³-hybridized carbons (Fsp3) is 0. The molecule has 0 saturated carbocycles. The van der Waals surface area contributed by atoms with E-state index in [2.05, 4.69) is 15.2 Å². The third kappa shape index (κ3) is 1.62. The minimum atomic E-state index is 0.250. The summed E-state index contributed by atoms with van der Waals surface area (Å²) in [6, 6.07) is 9.62. The number of rotatable bonds is 1. The summed E-state index contributed by atoms with van der Waals surface area (Å²) >= 11 is 4.92. The van der Waals surface area contributed by atoms with Gasteiger partial charge in [0, 0.05) is 5.56 Å². The second-order valence-corrected chi connectivity index (χ2v) is 3.13. The monoisotopic (exact) mass is 204 g/mol. The van der Waals surface area contributed by atoms with E-state index in [1.807, 2.05) is 30.3 Å². The van der Waals surface area contributed by atoms with Gasteiger partial charge >= 0.3 is 0 Å². The SMILES string of the molecule is Nc1n[nH]c(-c2ccccc2)nc1=S. The lowest BCUT2D eigenvalue weighted by Crippen LogP contribution is -1.99. The minimum Gasteiger partial charge on any atom is -0.380 e. The van der Waals surface area contributed by atoms with E-state index in [-0.39, 0.29) is 5.82 Å². The van der Waals surface area contributed by atoms with Gasteiger partial charge in [0.25, 0.3) is 0 Å². The Balaban J connectivity index is 2.54. The fourth-order valence-electron chi connectivity index (χ4n) is 1.07. The van der Waals surface area contributed by atoms with E-state index in [0.717, 1.165) is 5.56 Å². The Hall–Kier alpha value is -1.75. The summed E-state index contributed by atoms with van der Waals surface area (Å²) in [4.78, 5) is 4.11. The van der Waals surface area contributed by atoms with Crippen LogP contribution in [0.25, 0.3) is 11.4 Å². The van der Waals surface area contributed by atoms with Crippen LogP contribution in [-0.2, 0) is 0 Å². The van der Waals surface area contributed by atoms with Gasteiger partial charge in [-0.3, -0.25) is 5.10 Å². The molecule has 1 aromatic carbocycles. The first-order chi connectivity index (χ1) is 6.77. The van der Waals surface area contributed by atoms with Crippen LogP contribution in [0.2, 0.25) is 0 Å². The van der Waals surface area contributed by atoms with E-state index in [0.29, 0.717) is 10.5 Å². The lowest BCUT2D eigenvalue weighted by Gasteiger charge is -1.99. The molecular weight excluding hydrogens is 196 g/mol. The van der Waals surface area contributed by atoms with Crippen molar-refractivity contribution in [2.45, 2.75) is 0 Å². The van der Waals surface area contributed by atoms with Gasteiger partial charge in [0.1, 0.15) is 0 Å². The standard InChI is InChI=1S/C9H8N4S/c10-7-9(14)11-8(13-12-7)6-4-2-1-3-5-6/h1-5H,(H2,10,12)(H,11,13,14). The van der Waals surface area contributed by atoms with Gasteiger partial charge in [-0.1, -0.05) is 42.5 Å². The number of anilines is 1. The van der Waals surface area contributed by atoms with Crippen molar-refractivity contribution in [1.29, 1.82) is 0 Å². The summed E-state index contributed by atoms with van der Waals surface area (Å²) < 4.78 is 0.322. The van der Waals surface area contributed by atoms with Crippen LogP contribution in [0.3, 0.4) is 0 Å². The first-order valence-electron chi connectivity index (χ1n) is 4.05. The summed E-state index contributed by atoms with van der Waals surface area (Å²) in [6.45, 7) is 0. The summed E-state index contributed by atoms with van der Waals surface area (Å²) in [6.07, 6.45) is 0. The molecule has 3 N–H and O–H groups in total. The van der Waals surface area contributed by atoms with E-state index in [1.165, 1.54) is 0 Å². The summed E-state index contributed by atoms with van der Waals surface area (Å²) in [5.74, 6) is 0.879. The second kappa shape index (κ2) is 3.55. The molecule has 70 valence electrons. The molecule has 0 bridgehead atoms.